The molecule has 0 saturated carbocycles. The van der Waals surface area contributed by atoms with Gasteiger partial charge in [-0.25, -0.2) is 4.79 Å². The Morgan fingerprint density at radius 2 is 2.07 bits per heavy atom. The van der Waals surface area contributed by atoms with Gasteiger partial charge in [-0.05, 0) is 35.6 Å². The van der Waals surface area contributed by atoms with Gasteiger partial charge in [-0.2, -0.15) is 0 Å². The highest BCUT2D eigenvalue weighted by Gasteiger charge is 2.36. The van der Waals surface area contributed by atoms with Gasteiger partial charge in [-0.15, -0.1) is 0 Å². The third-order valence-corrected chi connectivity index (χ3v) is 5.35. The number of carbonyl (C=O) groups excluding carboxylic acids is 3. The molecule has 3 amide bonds. The van der Waals surface area contributed by atoms with E-state index in [1.165, 1.54) is 16.9 Å². The number of fused-ring (bicyclic) bond motifs is 1. The van der Waals surface area contributed by atoms with Crippen LogP contribution in [-0.4, -0.2) is 65.0 Å². The van der Waals surface area contributed by atoms with Gasteiger partial charge in [0.2, 0.25) is 5.91 Å². The summed E-state index contributed by atoms with van der Waals surface area (Å²) in [4.78, 5) is 50.0. The molecule has 0 aromatic heterocycles. The van der Waals surface area contributed by atoms with Crippen molar-refractivity contribution in [2.24, 2.45) is 5.73 Å². The van der Waals surface area contributed by atoms with E-state index in [1.807, 2.05) is 18.2 Å². The van der Waals surface area contributed by atoms with Crippen LogP contribution in [0.15, 0.2) is 24.3 Å². The zero-order chi connectivity index (χ0) is 21.1. The Kier molecular flexibility index (Phi) is 5.86. The number of amides is 3. The monoisotopic (exact) mass is 401 g/mol. The van der Waals surface area contributed by atoms with E-state index < -0.39 is 24.0 Å². The third-order valence-electron chi connectivity index (χ3n) is 5.35. The van der Waals surface area contributed by atoms with Crippen LogP contribution >= 0.6 is 0 Å². The molecule has 29 heavy (non-hydrogen) atoms. The average Bonchev–Trinajstić information content (AvgIpc) is 3.03. The molecule has 1 unspecified atom stereocenters. The van der Waals surface area contributed by atoms with Crippen molar-refractivity contribution in [1.29, 1.82) is 0 Å². The Balaban J connectivity index is 1.78. The highest BCUT2D eigenvalue weighted by molar-refractivity contribution is 6.01. The van der Waals surface area contributed by atoms with E-state index >= 15 is 0 Å². The standard InChI is InChI=1S/C20H23N3O6/c1-29-17(24)5-4-16(18(21)25)23-11-14-3-2-13(10-15(14)19(23)26)12-6-8-22(9-7-12)20(27)28/h2-3,6,10,16H,4-5,7-9,11H2,1H3,(H2,21,25)(H,27,28). The van der Waals surface area contributed by atoms with Gasteiger partial charge >= 0.3 is 12.1 Å². The maximum atomic E-state index is 12.9. The zero-order valence-electron chi connectivity index (χ0n) is 16.1. The summed E-state index contributed by atoms with van der Waals surface area (Å²) < 4.78 is 4.60. The molecule has 1 aromatic carbocycles. The van der Waals surface area contributed by atoms with Crippen LogP contribution in [0.25, 0.3) is 5.57 Å². The van der Waals surface area contributed by atoms with Crippen LogP contribution in [0.3, 0.4) is 0 Å². The Bertz CT molecular complexity index is 894. The van der Waals surface area contributed by atoms with Gasteiger partial charge in [0.1, 0.15) is 6.04 Å². The second-order valence-corrected chi connectivity index (χ2v) is 7.05. The van der Waals surface area contributed by atoms with Crippen LogP contribution in [0, 0.1) is 0 Å². The number of benzene rings is 1. The first-order valence-electron chi connectivity index (χ1n) is 9.29. The summed E-state index contributed by atoms with van der Waals surface area (Å²) in [6, 6.07) is 4.62. The topological polar surface area (TPSA) is 130 Å². The van der Waals surface area contributed by atoms with Crippen molar-refractivity contribution in [3.63, 3.8) is 0 Å². The number of nitrogens with zero attached hydrogens (tertiary/aromatic N) is 2. The van der Waals surface area contributed by atoms with E-state index in [4.69, 9.17) is 10.8 Å². The Labute approximate surface area is 167 Å². The minimum absolute atomic E-state index is 0.0115. The summed E-state index contributed by atoms with van der Waals surface area (Å²) in [7, 11) is 1.26. The molecule has 1 atom stereocenters. The molecule has 3 N–H and O–H groups in total. The van der Waals surface area contributed by atoms with Gasteiger partial charge in [0.15, 0.2) is 0 Å². The molecule has 9 nitrogen and oxygen atoms in total. The summed E-state index contributed by atoms with van der Waals surface area (Å²) in [6.45, 7) is 0.948. The Morgan fingerprint density at radius 3 is 2.66 bits per heavy atom. The van der Waals surface area contributed by atoms with Crippen LogP contribution in [0.1, 0.15) is 40.7 Å². The van der Waals surface area contributed by atoms with Crippen molar-refractivity contribution in [3.8, 4) is 0 Å². The summed E-state index contributed by atoms with van der Waals surface area (Å²) in [6.07, 6.45) is 1.54. The lowest BCUT2D eigenvalue weighted by molar-refractivity contribution is -0.141. The molecule has 2 aliphatic heterocycles. The number of hydrogen-bond donors (Lipinski definition) is 2. The second-order valence-electron chi connectivity index (χ2n) is 7.05. The highest BCUT2D eigenvalue weighted by atomic mass is 16.5. The van der Waals surface area contributed by atoms with Gasteiger partial charge in [-0.1, -0.05) is 18.2 Å². The molecular weight excluding hydrogens is 378 g/mol. The summed E-state index contributed by atoms with van der Waals surface area (Å²) in [5, 5.41) is 9.06. The number of hydrogen-bond acceptors (Lipinski definition) is 5. The average molecular weight is 401 g/mol. The van der Waals surface area contributed by atoms with Crippen LogP contribution in [0.4, 0.5) is 4.79 Å². The molecule has 0 aliphatic carbocycles. The highest BCUT2D eigenvalue weighted by Crippen LogP contribution is 2.31. The Hall–Kier alpha value is -3.36. The summed E-state index contributed by atoms with van der Waals surface area (Å²) >= 11 is 0. The van der Waals surface area contributed by atoms with Crippen LogP contribution in [-0.2, 0) is 20.9 Å². The quantitative estimate of drug-likeness (QED) is 0.689. The number of carbonyl (C=O) groups is 4. The van der Waals surface area contributed by atoms with Gasteiger partial charge in [-0.3, -0.25) is 14.4 Å². The van der Waals surface area contributed by atoms with E-state index in [-0.39, 0.29) is 25.3 Å². The Morgan fingerprint density at radius 1 is 1.31 bits per heavy atom. The lowest BCUT2D eigenvalue weighted by atomic mass is 9.96. The largest absolute Gasteiger partial charge is 0.469 e. The molecule has 0 spiro atoms. The number of rotatable bonds is 6. The molecule has 0 radical (unpaired) electrons. The molecule has 1 aromatic rings. The predicted octanol–water partition coefficient (Wildman–Crippen LogP) is 1.22. The van der Waals surface area contributed by atoms with E-state index in [2.05, 4.69) is 4.74 Å². The van der Waals surface area contributed by atoms with Crippen molar-refractivity contribution >= 4 is 29.5 Å². The molecule has 2 aliphatic rings. The molecule has 9 heteroatoms. The van der Waals surface area contributed by atoms with Gasteiger partial charge in [0.25, 0.3) is 5.91 Å². The maximum Gasteiger partial charge on any atom is 0.407 e. The van der Waals surface area contributed by atoms with Crippen molar-refractivity contribution in [1.82, 2.24) is 9.80 Å². The molecule has 2 heterocycles. The number of methoxy groups -OCH3 is 1. The molecule has 0 fully saturated rings. The van der Waals surface area contributed by atoms with Gasteiger partial charge in [0, 0.05) is 31.6 Å². The fourth-order valence-corrected chi connectivity index (χ4v) is 3.69. The molecule has 3 rings (SSSR count). The first kappa shape index (κ1) is 20.4. The molecule has 0 bridgehead atoms. The fourth-order valence-electron chi connectivity index (χ4n) is 3.69. The van der Waals surface area contributed by atoms with Gasteiger partial charge in [0.05, 0.1) is 7.11 Å². The predicted molar refractivity (Wildman–Crippen MR) is 103 cm³/mol. The summed E-state index contributed by atoms with van der Waals surface area (Å²) in [5.41, 5.74) is 8.59. The molecular formula is C20H23N3O6. The van der Waals surface area contributed by atoms with Crippen molar-refractivity contribution < 1.29 is 29.0 Å². The minimum atomic E-state index is -0.954. The second kappa shape index (κ2) is 8.34. The summed E-state index contributed by atoms with van der Waals surface area (Å²) in [5.74, 6) is -1.44. The SMILES string of the molecule is COC(=O)CCC(C(N)=O)N1Cc2ccc(C3=CCN(C(=O)O)CC3)cc2C1=O. The first-order chi connectivity index (χ1) is 13.8. The van der Waals surface area contributed by atoms with E-state index in [0.717, 1.165) is 16.7 Å². The number of ether oxygens (including phenoxy) is 1. The fraction of sp³-hybridized carbons (Fsp3) is 0.400. The smallest absolute Gasteiger partial charge is 0.407 e. The van der Waals surface area contributed by atoms with Crippen molar-refractivity contribution in [2.45, 2.75) is 31.8 Å². The number of esters is 1. The number of primary amides is 1. The van der Waals surface area contributed by atoms with Crippen molar-refractivity contribution in [2.75, 3.05) is 20.2 Å². The maximum absolute atomic E-state index is 12.9. The van der Waals surface area contributed by atoms with E-state index in [9.17, 15) is 19.2 Å². The molecule has 0 saturated heterocycles. The van der Waals surface area contributed by atoms with E-state index in [0.29, 0.717) is 25.1 Å². The molecule has 154 valence electrons. The van der Waals surface area contributed by atoms with Crippen LogP contribution < -0.4 is 5.73 Å². The van der Waals surface area contributed by atoms with Crippen LogP contribution in [0.5, 0.6) is 0 Å². The first-order valence-corrected chi connectivity index (χ1v) is 9.29. The normalized spacial score (nSPS) is 16.9. The van der Waals surface area contributed by atoms with Crippen LogP contribution in [0.2, 0.25) is 0 Å². The zero-order valence-corrected chi connectivity index (χ0v) is 16.1. The van der Waals surface area contributed by atoms with E-state index in [1.54, 1.807) is 6.07 Å². The van der Waals surface area contributed by atoms with Crippen molar-refractivity contribution in [3.05, 3.63) is 41.0 Å². The third kappa shape index (κ3) is 4.23. The minimum Gasteiger partial charge on any atom is -0.469 e. The number of nitrogens with two attached hydrogens (primary N) is 1. The number of carboxylic acid groups (broad SMARTS) is 1. The lowest BCUT2D eigenvalue weighted by Crippen LogP contribution is -2.45. The lowest BCUT2D eigenvalue weighted by Gasteiger charge is -2.24. The van der Waals surface area contributed by atoms with Gasteiger partial charge < -0.3 is 25.4 Å².